The summed E-state index contributed by atoms with van der Waals surface area (Å²) in [5.74, 6) is 0.251. The van der Waals surface area contributed by atoms with Gasteiger partial charge in [0.1, 0.15) is 0 Å². The molecular weight excluding hydrogens is 382 g/mol. The number of rotatable bonds is 11. The van der Waals surface area contributed by atoms with E-state index in [4.69, 9.17) is 14.3 Å². The van der Waals surface area contributed by atoms with Crippen LogP contribution in [0.2, 0.25) is 0 Å². The number of hydrogen-bond acceptors (Lipinski definition) is 5. The van der Waals surface area contributed by atoms with E-state index in [0.717, 1.165) is 31.2 Å². The molecule has 0 bridgehead atoms. The maximum atomic E-state index is 11.6. The van der Waals surface area contributed by atoms with Crippen LogP contribution in [0.5, 0.6) is 11.5 Å². The summed E-state index contributed by atoms with van der Waals surface area (Å²) in [6.45, 7) is 2.36. The first kappa shape index (κ1) is 21.7. The molecule has 2 aromatic rings. The van der Waals surface area contributed by atoms with E-state index in [1.165, 1.54) is 5.56 Å². The largest absolute Gasteiger partial charge is 0.493 e. The number of unbranched alkanes of at least 4 members (excludes halogenated alkanes) is 2. The predicted molar refractivity (Wildman–Crippen MR) is 115 cm³/mol. The highest BCUT2D eigenvalue weighted by Crippen LogP contribution is 2.34. The van der Waals surface area contributed by atoms with Crippen molar-refractivity contribution in [3.63, 3.8) is 0 Å². The zero-order valence-electron chi connectivity index (χ0n) is 17.5. The fourth-order valence-electron chi connectivity index (χ4n) is 3.40. The fraction of sp³-hybridized carbons (Fsp3) is 0.375. The van der Waals surface area contributed by atoms with Crippen molar-refractivity contribution < 1.29 is 24.2 Å². The highest BCUT2D eigenvalue weighted by molar-refractivity contribution is 5.85. The second-order valence-electron chi connectivity index (χ2n) is 7.32. The van der Waals surface area contributed by atoms with E-state index in [9.17, 15) is 9.90 Å². The molecule has 0 spiro atoms. The van der Waals surface area contributed by atoms with Gasteiger partial charge in [-0.3, -0.25) is 10.3 Å². The van der Waals surface area contributed by atoms with Crippen molar-refractivity contribution in [3.8, 4) is 11.5 Å². The Morgan fingerprint density at radius 1 is 1.10 bits per heavy atom. The molecule has 0 fully saturated rings. The fourth-order valence-corrected chi connectivity index (χ4v) is 3.40. The number of hydroxylamine groups is 1. The van der Waals surface area contributed by atoms with E-state index in [-0.39, 0.29) is 0 Å². The number of benzene rings is 2. The first-order chi connectivity index (χ1) is 14.6. The molecule has 6 heteroatoms. The summed E-state index contributed by atoms with van der Waals surface area (Å²) in [5.41, 5.74) is 4.14. The van der Waals surface area contributed by atoms with Gasteiger partial charge in [0.2, 0.25) is 5.60 Å². The van der Waals surface area contributed by atoms with Crippen molar-refractivity contribution in [2.24, 2.45) is 0 Å². The molecule has 2 aromatic carbocycles. The second kappa shape index (κ2) is 10.2. The van der Waals surface area contributed by atoms with Crippen LogP contribution in [0.3, 0.4) is 0 Å². The van der Waals surface area contributed by atoms with Crippen molar-refractivity contribution in [2.75, 3.05) is 13.7 Å². The van der Waals surface area contributed by atoms with E-state index >= 15 is 0 Å². The summed E-state index contributed by atoms with van der Waals surface area (Å²) in [6.07, 6.45) is 6.14. The van der Waals surface area contributed by atoms with E-state index in [1.54, 1.807) is 20.1 Å². The summed E-state index contributed by atoms with van der Waals surface area (Å²) in [7, 11) is 1.60. The van der Waals surface area contributed by atoms with Crippen LogP contribution in [0.1, 0.15) is 43.7 Å². The van der Waals surface area contributed by atoms with E-state index in [1.807, 2.05) is 24.3 Å². The summed E-state index contributed by atoms with van der Waals surface area (Å²) in [4.78, 5) is 16.9. The topological polar surface area (TPSA) is 77.0 Å². The summed E-state index contributed by atoms with van der Waals surface area (Å²) >= 11 is 0. The minimum absolute atomic E-state index is 0.321. The summed E-state index contributed by atoms with van der Waals surface area (Å²) in [5, 5.41) is 9.47. The smallest absolute Gasteiger partial charge is 0.342 e. The second-order valence-corrected chi connectivity index (χ2v) is 7.32. The van der Waals surface area contributed by atoms with E-state index < -0.39 is 11.6 Å². The Morgan fingerprint density at radius 2 is 1.90 bits per heavy atom. The van der Waals surface area contributed by atoms with Crippen LogP contribution in [0.15, 0.2) is 54.6 Å². The van der Waals surface area contributed by atoms with Crippen LogP contribution in [0.25, 0.3) is 5.70 Å². The standard InChI is InChI=1S/C24H29NO5/c1-3-24(23(26)27)17-20(25-30-24)19-13-14-21(28-2)22(16-19)29-15-9-5-8-12-18-10-6-4-7-11-18/h4,6-7,10-11,13-14,16-17,25H,3,5,8-9,12,15H2,1-2H3,(H,26,27). The van der Waals surface area contributed by atoms with Crippen molar-refractivity contribution >= 4 is 11.7 Å². The molecule has 1 aliphatic rings. The normalized spacial score (nSPS) is 17.9. The van der Waals surface area contributed by atoms with Gasteiger partial charge in [0.05, 0.1) is 19.4 Å². The highest BCUT2D eigenvalue weighted by Gasteiger charge is 2.41. The Labute approximate surface area is 177 Å². The van der Waals surface area contributed by atoms with Gasteiger partial charge >= 0.3 is 5.97 Å². The van der Waals surface area contributed by atoms with Gasteiger partial charge < -0.3 is 14.6 Å². The molecule has 2 N–H and O–H groups in total. The molecule has 6 nitrogen and oxygen atoms in total. The lowest BCUT2D eigenvalue weighted by Gasteiger charge is -2.17. The Hall–Kier alpha value is -2.99. The third-order valence-electron chi connectivity index (χ3n) is 5.29. The Morgan fingerprint density at radius 3 is 2.57 bits per heavy atom. The number of nitrogens with one attached hydrogen (secondary N) is 1. The highest BCUT2D eigenvalue weighted by atomic mass is 16.7. The van der Waals surface area contributed by atoms with Crippen LogP contribution in [-0.4, -0.2) is 30.4 Å². The van der Waals surface area contributed by atoms with Gasteiger partial charge in [0, 0.05) is 5.56 Å². The van der Waals surface area contributed by atoms with Crippen molar-refractivity contribution in [2.45, 2.75) is 44.6 Å². The zero-order valence-corrected chi connectivity index (χ0v) is 17.5. The minimum Gasteiger partial charge on any atom is -0.493 e. The number of aliphatic carboxylic acids is 1. The zero-order chi connectivity index (χ0) is 21.4. The average Bonchev–Trinajstić information content (AvgIpc) is 3.23. The van der Waals surface area contributed by atoms with Gasteiger partial charge in [-0.1, -0.05) is 37.3 Å². The molecule has 160 valence electrons. The predicted octanol–water partition coefficient (Wildman–Crippen LogP) is 4.60. The quantitative estimate of drug-likeness (QED) is 0.527. The van der Waals surface area contributed by atoms with E-state index in [2.05, 4.69) is 29.7 Å². The van der Waals surface area contributed by atoms with Gasteiger partial charge in [-0.05, 0) is 61.9 Å². The molecule has 30 heavy (non-hydrogen) atoms. The first-order valence-corrected chi connectivity index (χ1v) is 10.3. The van der Waals surface area contributed by atoms with Gasteiger partial charge in [-0.25, -0.2) is 4.79 Å². The summed E-state index contributed by atoms with van der Waals surface area (Å²) < 4.78 is 11.4. The van der Waals surface area contributed by atoms with Crippen LogP contribution < -0.4 is 15.0 Å². The van der Waals surface area contributed by atoms with Gasteiger partial charge in [-0.2, -0.15) is 0 Å². The monoisotopic (exact) mass is 411 g/mol. The summed E-state index contributed by atoms with van der Waals surface area (Å²) in [6, 6.07) is 16.0. The van der Waals surface area contributed by atoms with Crippen LogP contribution in [0, 0.1) is 0 Å². The first-order valence-electron chi connectivity index (χ1n) is 10.3. The van der Waals surface area contributed by atoms with E-state index in [0.29, 0.717) is 30.2 Å². The number of ether oxygens (including phenoxy) is 2. The molecule has 1 aliphatic heterocycles. The molecule has 1 atom stereocenters. The number of carboxylic acid groups (broad SMARTS) is 1. The maximum absolute atomic E-state index is 11.6. The number of carbonyl (C=O) groups is 1. The SMILES string of the molecule is CCC1(C(=O)O)C=C(c2ccc(OC)c(OCCCCCc3ccccc3)c2)NO1. The molecule has 0 aromatic heterocycles. The van der Waals surface area contributed by atoms with Gasteiger partial charge in [0.15, 0.2) is 11.5 Å². The molecule has 3 rings (SSSR count). The molecule has 0 saturated carbocycles. The number of carboxylic acids is 1. The molecule has 0 amide bonds. The van der Waals surface area contributed by atoms with Gasteiger partial charge in [-0.15, -0.1) is 0 Å². The molecule has 0 radical (unpaired) electrons. The lowest BCUT2D eigenvalue weighted by molar-refractivity contribution is -0.162. The van der Waals surface area contributed by atoms with Crippen LogP contribution in [0.4, 0.5) is 0 Å². The Kier molecular flexibility index (Phi) is 7.36. The molecule has 0 saturated heterocycles. The van der Waals surface area contributed by atoms with Gasteiger partial charge in [0.25, 0.3) is 0 Å². The lowest BCUT2D eigenvalue weighted by Crippen LogP contribution is -2.38. The number of aryl methyl sites for hydroxylation is 1. The molecule has 1 unspecified atom stereocenters. The Bertz CT molecular complexity index is 880. The average molecular weight is 411 g/mol. The van der Waals surface area contributed by atoms with Crippen molar-refractivity contribution in [1.29, 1.82) is 0 Å². The van der Waals surface area contributed by atoms with Crippen molar-refractivity contribution in [3.05, 3.63) is 65.7 Å². The molecule has 1 heterocycles. The third kappa shape index (κ3) is 5.13. The third-order valence-corrected chi connectivity index (χ3v) is 5.29. The lowest BCUT2D eigenvalue weighted by atomic mass is 9.98. The molecule has 0 aliphatic carbocycles. The van der Waals surface area contributed by atoms with Crippen molar-refractivity contribution in [1.82, 2.24) is 5.48 Å². The minimum atomic E-state index is -1.35. The Balaban J connectivity index is 1.57. The number of hydrogen-bond donors (Lipinski definition) is 2. The maximum Gasteiger partial charge on any atom is 0.342 e. The molecular formula is C24H29NO5. The van der Waals surface area contributed by atoms with Crippen LogP contribution >= 0.6 is 0 Å². The number of methoxy groups -OCH3 is 1. The van der Waals surface area contributed by atoms with Crippen LogP contribution in [-0.2, 0) is 16.1 Å².